The molecule has 2 rings (SSSR count). The Balaban J connectivity index is 2.04. The molecule has 3 atom stereocenters. The third-order valence-electron chi connectivity index (χ3n) is 5.30. The van der Waals surface area contributed by atoms with E-state index in [0.29, 0.717) is 18.4 Å². The molecule has 1 aliphatic heterocycles. The summed E-state index contributed by atoms with van der Waals surface area (Å²) >= 11 is 0. The summed E-state index contributed by atoms with van der Waals surface area (Å²) in [4.78, 5) is 24.8. The molecule has 168 valence electrons. The van der Waals surface area contributed by atoms with Crippen molar-refractivity contribution in [3.8, 4) is 11.8 Å². The van der Waals surface area contributed by atoms with Crippen molar-refractivity contribution in [3.63, 3.8) is 0 Å². The molecule has 31 heavy (non-hydrogen) atoms. The number of alkyl halides is 2. The molecule has 1 amide bonds. The van der Waals surface area contributed by atoms with E-state index in [1.807, 2.05) is 13.8 Å². The minimum atomic E-state index is -3.42. The molecule has 0 radical (unpaired) electrons. The fourth-order valence-electron chi connectivity index (χ4n) is 3.35. The highest BCUT2D eigenvalue weighted by Crippen LogP contribution is 2.34. The van der Waals surface area contributed by atoms with Gasteiger partial charge in [-0.2, -0.15) is 8.78 Å². The van der Waals surface area contributed by atoms with E-state index >= 15 is 0 Å². The standard InChI is InChI=1S/C24H29F2NO4/c1-4-5-6-7-17(2)21(28)13-12-20-16-24(25,26)23(30)27(20)15-14-18-8-10-19(11-9-18)22(29)31-3/h8-13,17,20-21,28H,4,7,14-16H2,1-3H3/b13-12+/t17-,20-,21+/m0/s1. The van der Waals surface area contributed by atoms with Crippen LogP contribution in [0.3, 0.4) is 0 Å². The Labute approximate surface area is 182 Å². The first-order valence-electron chi connectivity index (χ1n) is 10.4. The maximum atomic E-state index is 14.1. The van der Waals surface area contributed by atoms with Crippen LogP contribution in [0.25, 0.3) is 0 Å². The molecule has 0 aliphatic carbocycles. The van der Waals surface area contributed by atoms with Gasteiger partial charge in [0.05, 0.1) is 24.8 Å². The summed E-state index contributed by atoms with van der Waals surface area (Å²) in [5, 5.41) is 10.3. The van der Waals surface area contributed by atoms with Crippen LogP contribution in [0, 0.1) is 17.8 Å². The van der Waals surface area contributed by atoms with E-state index < -0.39 is 36.4 Å². The van der Waals surface area contributed by atoms with Gasteiger partial charge in [0.25, 0.3) is 5.91 Å². The summed E-state index contributed by atoms with van der Waals surface area (Å²) in [5.41, 5.74) is 1.20. The second-order valence-electron chi connectivity index (χ2n) is 7.68. The Morgan fingerprint density at radius 2 is 2.03 bits per heavy atom. The number of benzene rings is 1. The monoisotopic (exact) mass is 433 g/mol. The van der Waals surface area contributed by atoms with Gasteiger partial charge in [0.15, 0.2) is 0 Å². The zero-order valence-corrected chi connectivity index (χ0v) is 18.1. The second kappa shape index (κ2) is 11.1. The molecular formula is C24H29F2NO4. The summed E-state index contributed by atoms with van der Waals surface area (Å²) in [6.45, 7) is 3.88. The maximum Gasteiger partial charge on any atom is 0.337 e. The van der Waals surface area contributed by atoms with E-state index in [1.165, 1.54) is 19.3 Å². The minimum Gasteiger partial charge on any atom is -0.465 e. The number of hydrogen-bond donors (Lipinski definition) is 1. The number of halogens is 2. The summed E-state index contributed by atoms with van der Waals surface area (Å²) in [7, 11) is 1.29. The van der Waals surface area contributed by atoms with Gasteiger partial charge in [-0.1, -0.05) is 38.1 Å². The molecule has 0 bridgehead atoms. The van der Waals surface area contributed by atoms with Gasteiger partial charge in [-0.3, -0.25) is 4.79 Å². The molecule has 1 fully saturated rings. The van der Waals surface area contributed by atoms with E-state index in [0.717, 1.165) is 16.9 Å². The molecule has 7 heteroatoms. The zero-order valence-electron chi connectivity index (χ0n) is 18.1. The smallest absolute Gasteiger partial charge is 0.337 e. The molecule has 1 N–H and O–H groups in total. The van der Waals surface area contributed by atoms with Crippen molar-refractivity contribution in [2.75, 3.05) is 13.7 Å². The number of methoxy groups -OCH3 is 1. The average Bonchev–Trinajstić information content (AvgIpc) is 2.98. The number of esters is 1. The number of aliphatic hydroxyl groups is 1. The van der Waals surface area contributed by atoms with Gasteiger partial charge < -0.3 is 14.7 Å². The van der Waals surface area contributed by atoms with Gasteiger partial charge in [-0.15, -0.1) is 11.8 Å². The Morgan fingerprint density at radius 3 is 2.65 bits per heavy atom. The third-order valence-corrected chi connectivity index (χ3v) is 5.30. The first-order chi connectivity index (χ1) is 14.7. The van der Waals surface area contributed by atoms with Gasteiger partial charge >= 0.3 is 11.9 Å². The van der Waals surface area contributed by atoms with Crippen LogP contribution in [0.15, 0.2) is 36.4 Å². The number of carbonyl (C=O) groups is 2. The average molecular weight is 433 g/mol. The fourth-order valence-corrected chi connectivity index (χ4v) is 3.35. The highest BCUT2D eigenvalue weighted by Gasteiger charge is 2.52. The number of rotatable bonds is 8. The molecule has 0 unspecified atom stereocenters. The molecule has 1 aromatic rings. The van der Waals surface area contributed by atoms with Crippen molar-refractivity contribution in [1.82, 2.24) is 4.90 Å². The van der Waals surface area contributed by atoms with Gasteiger partial charge in [0, 0.05) is 25.8 Å². The number of aliphatic hydroxyl groups excluding tert-OH is 1. The van der Waals surface area contributed by atoms with Gasteiger partial charge in [0.1, 0.15) is 0 Å². The predicted molar refractivity (Wildman–Crippen MR) is 114 cm³/mol. The summed E-state index contributed by atoms with van der Waals surface area (Å²) in [5.74, 6) is 0.675. The largest absolute Gasteiger partial charge is 0.465 e. The molecule has 1 heterocycles. The first kappa shape index (κ1) is 24.5. The van der Waals surface area contributed by atoms with Crippen molar-refractivity contribution >= 4 is 11.9 Å². The van der Waals surface area contributed by atoms with Crippen molar-refractivity contribution in [1.29, 1.82) is 0 Å². The normalized spacial score (nSPS) is 19.7. The van der Waals surface area contributed by atoms with Crippen LogP contribution in [-0.4, -0.2) is 53.6 Å². The van der Waals surface area contributed by atoms with Crippen LogP contribution < -0.4 is 0 Å². The maximum absolute atomic E-state index is 14.1. The number of hydrogen-bond acceptors (Lipinski definition) is 4. The van der Waals surface area contributed by atoms with Crippen LogP contribution in [0.1, 0.15) is 49.0 Å². The Bertz CT molecular complexity index is 855. The van der Waals surface area contributed by atoms with E-state index in [2.05, 4.69) is 16.6 Å². The quantitative estimate of drug-likeness (QED) is 0.386. The third kappa shape index (κ3) is 6.63. The number of likely N-dealkylation sites (tertiary alicyclic amines) is 1. The van der Waals surface area contributed by atoms with Crippen molar-refractivity contribution < 1.29 is 28.2 Å². The van der Waals surface area contributed by atoms with Crippen LogP contribution >= 0.6 is 0 Å². The summed E-state index contributed by atoms with van der Waals surface area (Å²) in [6, 6.07) is 5.81. The lowest BCUT2D eigenvalue weighted by Crippen LogP contribution is -2.37. The molecule has 1 aromatic carbocycles. The molecule has 5 nitrogen and oxygen atoms in total. The summed E-state index contributed by atoms with van der Waals surface area (Å²) < 4.78 is 32.8. The molecule has 0 saturated carbocycles. The lowest BCUT2D eigenvalue weighted by molar-refractivity contribution is -0.148. The second-order valence-corrected chi connectivity index (χ2v) is 7.68. The van der Waals surface area contributed by atoms with Crippen LogP contribution in [0.4, 0.5) is 8.78 Å². The lowest BCUT2D eigenvalue weighted by atomic mass is 9.99. The van der Waals surface area contributed by atoms with Gasteiger partial charge in [-0.05, 0) is 30.0 Å². The van der Waals surface area contributed by atoms with E-state index in [9.17, 15) is 23.5 Å². The number of amides is 1. The van der Waals surface area contributed by atoms with E-state index in [-0.39, 0.29) is 12.5 Å². The highest BCUT2D eigenvalue weighted by molar-refractivity contribution is 5.89. The number of nitrogens with zero attached hydrogens (tertiary/aromatic N) is 1. The Morgan fingerprint density at radius 1 is 1.35 bits per heavy atom. The molecule has 0 aromatic heterocycles. The van der Waals surface area contributed by atoms with Gasteiger partial charge in [0.2, 0.25) is 0 Å². The predicted octanol–water partition coefficient (Wildman–Crippen LogP) is 3.61. The van der Waals surface area contributed by atoms with Crippen LogP contribution in [0.2, 0.25) is 0 Å². The SMILES string of the molecule is CCC#CC[C@H](C)[C@H](O)/C=C/[C@H]1CC(F)(F)C(=O)N1CCc1ccc(C(=O)OC)cc1. The molecular weight excluding hydrogens is 404 g/mol. The van der Waals surface area contributed by atoms with E-state index in [4.69, 9.17) is 0 Å². The Hall–Kier alpha value is -2.72. The Kier molecular flexibility index (Phi) is 8.76. The topological polar surface area (TPSA) is 66.8 Å². The first-order valence-corrected chi connectivity index (χ1v) is 10.4. The molecule has 1 aliphatic rings. The zero-order chi connectivity index (χ0) is 23.0. The fraction of sp³-hybridized carbons (Fsp3) is 0.500. The summed E-state index contributed by atoms with van der Waals surface area (Å²) in [6.07, 6.45) is 3.13. The molecule has 1 saturated heterocycles. The number of ether oxygens (including phenoxy) is 1. The van der Waals surface area contributed by atoms with Gasteiger partial charge in [-0.25, -0.2) is 4.79 Å². The van der Waals surface area contributed by atoms with Crippen molar-refractivity contribution in [2.45, 2.75) is 57.6 Å². The lowest BCUT2D eigenvalue weighted by Gasteiger charge is -2.22. The van der Waals surface area contributed by atoms with Crippen LogP contribution in [-0.2, 0) is 16.0 Å². The van der Waals surface area contributed by atoms with Crippen molar-refractivity contribution in [3.05, 3.63) is 47.5 Å². The van der Waals surface area contributed by atoms with E-state index in [1.54, 1.807) is 24.3 Å². The van der Waals surface area contributed by atoms with Crippen LogP contribution in [0.5, 0.6) is 0 Å². The minimum absolute atomic E-state index is 0.106. The van der Waals surface area contributed by atoms with Crippen molar-refractivity contribution in [2.24, 2.45) is 5.92 Å². The number of carbonyl (C=O) groups excluding carboxylic acids is 2. The highest BCUT2D eigenvalue weighted by atomic mass is 19.3. The molecule has 0 spiro atoms.